The lowest BCUT2D eigenvalue weighted by molar-refractivity contribution is -0.121. The number of amides is 2. The van der Waals surface area contributed by atoms with E-state index in [1.165, 1.54) is 28.5 Å². The van der Waals surface area contributed by atoms with E-state index in [1.54, 1.807) is 68.0 Å². The number of anilines is 1. The van der Waals surface area contributed by atoms with Gasteiger partial charge < -0.3 is 4.74 Å². The zero-order chi connectivity index (χ0) is 19.8. The Balaban J connectivity index is 2.05. The third kappa shape index (κ3) is 5.42. The first-order chi connectivity index (χ1) is 13.0. The maximum Gasteiger partial charge on any atom is 0.266 e. The Kier molecular flexibility index (Phi) is 7.57. The van der Waals surface area contributed by atoms with Crippen LogP contribution in [0.25, 0.3) is 0 Å². The fourth-order valence-corrected chi connectivity index (χ4v) is 3.49. The highest BCUT2D eigenvalue weighted by atomic mass is 32.2. The number of rotatable bonds is 7. The standard InChI is InChI=1S/C20H20N2O3S2/c1-4-13-22-19(24)18(27-20(22)26)8-6-5-7-14-21(15(2)23)16-9-11-17(25-3)12-10-16/h4-12,14H,1,13H2,2-3H3/b6-5+,14-7+,18-8+. The number of thioether (sulfide) groups is 1. The molecule has 0 aromatic heterocycles. The molecular formula is C20H20N2O3S2. The molecule has 5 nitrogen and oxygen atoms in total. The number of hydrogen-bond donors (Lipinski definition) is 0. The highest BCUT2D eigenvalue weighted by Crippen LogP contribution is 2.30. The SMILES string of the molecule is C=CCN1C(=O)\C(=C/C=C/C=C/N(C(C)=O)c2ccc(OC)cc2)SC1=S. The highest BCUT2D eigenvalue weighted by molar-refractivity contribution is 8.26. The van der Waals surface area contributed by atoms with Crippen molar-refractivity contribution in [1.29, 1.82) is 0 Å². The van der Waals surface area contributed by atoms with Gasteiger partial charge >= 0.3 is 0 Å². The van der Waals surface area contributed by atoms with Gasteiger partial charge in [-0.1, -0.05) is 42.2 Å². The van der Waals surface area contributed by atoms with Gasteiger partial charge in [0, 0.05) is 25.4 Å². The summed E-state index contributed by atoms with van der Waals surface area (Å²) in [4.78, 5) is 27.7. The Hall–Kier alpha value is -2.64. The van der Waals surface area contributed by atoms with Gasteiger partial charge in [-0.15, -0.1) is 6.58 Å². The van der Waals surface area contributed by atoms with Crippen LogP contribution in [0.15, 0.2) is 72.3 Å². The predicted molar refractivity (Wildman–Crippen MR) is 115 cm³/mol. The molecule has 1 aromatic carbocycles. The quantitative estimate of drug-likeness (QED) is 0.299. The Morgan fingerprint density at radius 2 is 2.00 bits per heavy atom. The summed E-state index contributed by atoms with van der Waals surface area (Å²) in [5.74, 6) is 0.483. The molecule has 0 N–H and O–H groups in total. The van der Waals surface area contributed by atoms with Crippen LogP contribution in [0.5, 0.6) is 5.75 Å². The van der Waals surface area contributed by atoms with Crippen LogP contribution in [0.3, 0.4) is 0 Å². The van der Waals surface area contributed by atoms with E-state index in [4.69, 9.17) is 17.0 Å². The molecule has 2 rings (SSSR count). The van der Waals surface area contributed by atoms with Crippen molar-refractivity contribution in [2.45, 2.75) is 6.92 Å². The van der Waals surface area contributed by atoms with Crippen molar-refractivity contribution in [1.82, 2.24) is 4.90 Å². The molecule has 0 aliphatic carbocycles. The number of benzene rings is 1. The maximum absolute atomic E-state index is 12.2. The molecule has 0 bridgehead atoms. The molecule has 0 radical (unpaired) electrons. The number of ether oxygens (including phenoxy) is 1. The second-order valence-electron chi connectivity index (χ2n) is 5.42. The van der Waals surface area contributed by atoms with Gasteiger partial charge in [-0.3, -0.25) is 19.4 Å². The lowest BCUT2D eigenvalue weighted by Crippen LogP contribution is -2.27. The van der Waals surface area contributed by atoms with E-state index in [-0.39, 0.29) is 11.8 Å². The van der Waals surface area contributed by atoms with E-state index in [0.29, 0.717) is 15.8 Å². The lowest BCUT2D eigenvalue weighted by Gasteiger charge is -2.16. The fourth-order valence-electron chi connectivity index (χ4n) is 2.26. The number of carbonyl (C=O) groups excluding carboxylic acids is 2. The van der Waals surface area contributed by atoms with Crippen molar-refractivity contribution in [2.75, 3.05) is 18.6 Å². The van der Waals surface area contributed by atoms with Crippen LogP contribution in [0.1, 0.15) is 6.92 Å². The summed E-state index contributed by atoms with van der Waals surface area (Å²) in [6.45, 7) is 5.52. The van der Waals surface area contributed by atoms with Gasteiger partial charge in [-0.2, -0.15) is 0 Å². The van der Waals surface area contributed by atoms with Crippen molar-refractivity contribution in [2.24, 2.45) is 0 Å². The van der Waals surface area contributed by atoms with Gasteiger partial charge in [-0.05, 0) is 36.4 Å². The van der Waals surface area contributed by atoms with Gasteiger partial charge in [0.05, 0.1) is 12.0 Å². The highest BCUT2D eigenvalue weighted by Gasteiger charge is 2.30. The Bertz CT molecular complexity index is 826. The summed E-state index contributed by atoms with van der Waals surface area (Å²) in [5, 5.41) is 0. The molecule has 27 heavy (non-hydrogen) atoms. The summed E-state index contributed by atoms with van der Waals surface area (Å²) < 4.78 is 5.65. The molecule has 1 aromatic rings. The number of thiocarbonyl (C=S) groups is 1. The summed E-state index contributed by atoms with van der Waals surface area (Å²) in [6, 6.07) is 7.19. The van der Waals surface area contributed by atoms with E-state index in [0.717, 1.165) is 11.4 Å². The number of methoxy groups -OCH3 is 1. The lowest BCUT2D eigenvalue weighted by atomic mass is 10.2. The van der Waals surface area contributed by atoms with E-state index in [9.17, 15) is 9.59 Å². The van der Waals surface area contributed by atoms with Gasteiger partial charge in [-0.25, -0.2) is 0 Å². The number of hydrogen-bond acceptors (Lipinski definition) is 5. The molecule has 1 fully saturated rings. The third-order valence-electron chi connectivity index (χ3n) is 3.58. The summed E-state index contributed by atoms with van der Waals surface area (Å²) in [7, 11) is 1.59. The van der Waals surface area contributed by atoms with Crippen LogP contribution in [-0.4, -0.2) is 34.7 Å². The molecule has 0 unspecified atom stereocenters. The number of allylic oxidation sites excluding steroid dienone is 4. The minimum atomic E-state index is -0.123. The molecule has 1 aliphatic rings. The van der Waals surface area contributed by atoms with Crippen molar-refractivity contribution in [3.05, 3.63) is 72.3 Å². The van der Waals surface area contributed by atoms with Gasteiger partial charge in [0.25, 0.3) is 5.91 Å². The molecule has 140 valence electrons. The second kappa shape index (κ2) is 9.89. The van der Waals surface area contributed by atoms with E-state index < -0.39 is 0 Å². The Morgan fingerprint density at radius 1 is 1.30 bits per heavy atom. The zero-order valence-electron chi connectivity index (χ0n) is 15.1. The first-order valence-corrected chi connectivity index (χ1v) is 9.34. The topological polar surface area (TPSA) is 49.9 Å². The monoisotopic (exact) mass is 400 g/mol. The molecular weight excluding hydrogens is 380 g/mol. The van der Waals surface area contributed by atoms with Crippen LogP contribution >= 0.6 is 24.0 Å². The molecule has 2 amide bonds. The smallest absolute Gasteiger partial charge is 0.266 e. The fraction of sp³-hybridized carbons (Fsp3) is 0.150. The minimum Gasteiger partial charge on any atom is -0.497 e. The molecule has 7 heteroatoms. The molecule has 1 aliphatic heterocycles. The minimum absolute atomic E-state index is 0.116. The van der Waals surface area contributed by atoms with Crippen LogP contribution in [-0.2, 0) is 9.59 Å². The van der Waals surface area contributed by atoms with E-state index >= 15 is 0 Å². The van der Waals surface area contributed by atoms with Crippen molar-refractivity contribution < 1.29 is 14.3 Å². The van der Waals surface area contributed by atoms with Crippen LogP contribution < -0.4 is 9.64 Å². The molecule has 0 atom stereocenters. The average Bonchev–Trinajstić information content (AvgIpc) is 2.92. The molecule has 1 heterocycles. The summed E-state index contributed by atoms with van der Waals surface area (Å²) in [5.41, 5.74) is 0.734. The Labute approximate surface area is 168 Å². The maximum atomic E-state index is 12.2. The van der Waals surface area contributed by atoms with Crippen molar-refractivity contribution in [3.8, 4) is 5.75 Å². The number of nitrogens with zero attached hydrogens (tertiary/aromatic N) is 2. The molecule has 0 saturated carbocycles. The largest absolute Gasteiger partial charge is 0.497 e. The summed E-state index contributed by atoms with van der Waals surface area (Å²) >= 11 is 6.45. The van der Waals surface area contributed by atoms with E-state index in [2.05, 4.69) is 6.58 Å². The van der Waals surface area contributed by atoms with Crippen LogP contribution in [0.4, 0.5) is 5.69 Å². The predicted octanol–water partition coefficient (Wildman–Crippen LogP) is 4.05. The average molecular weight is 401 g/mol. The van der Waals surface area contributed by atoms with Crippen molar-refractivity contribution in [3.63, 3.8) is 0 Å². The van der Waals surface area contributed by atoms with Crippen molar-refractivity contribution >= 4 is 45.8 Å². The molecule has 0 spiro atoms. The van der Waals surface area contributed by atoms with Crippen LogP contribution in [0.2, 0.25) is 0 Å². The zero-order valence-corrected chi connectivity index (χ0v) is 16.8. The molecule has 1 saturated heterocycles. The van der Waals surface area contributed by atoms with Gasteiger partial charge in [0.2, 0.25) is 5.91 Å². The van der Waals surface area contributed by atoms with Gasteiger partial charge in [0.15, 0.2) is 0 Å². The first-order valence-electron chi connectivity index (χ1n) is 8.11. The second-order valence-corrected chi connectivity index (χ2v) is 7.09. The summed E-state index contributed by atoms with van der Waals surface area (Å²) in [6.07, 6.45) is 10.2. The van der Waals surface area contributed by atoms with Crippen LogP contribution in [0, 0.1) is 0 Å². The number of carbonyl (C=O) groups is 2. The normalized spacial score (nSPS) is 15.9. The first kappa shape index (κ1) is 20.7. The van der Waals surface area contributed by atoms with Gasteiger partial charge in [0.1, 0.15) is 10.1 Å². The van der Waals surface area contributed by atoms with E-state index in [1.807, 2.05) is 0 Å². The Morgan fingerprint density at radius 3 is 2.59 bits per heavy atom. The third-order valence-corrected chi connectivity index (χ3v) is 4.98.